The molecule has 30 heavy (non-hydrogen) atoms. The highest BCUT2D eigenvalue weighted by molar-refractivity contribution is 8.15. The maximum absolute atomic E-state index is 12.0. The molecule has 0 aliphatic rings. The highest BCUT2D eigenvalue weighted by Gasteiger charge is 2.17. The number of methoxy groups -OCH3 is 1. The fourth-order valence-corrected chi connectivity index (χ4v) is 3.14. The molecular formula is C19H18N6O4S. The zero-order valence-electron chi connectivity index (χ0n) is 16.4. The molecule has 0 radical (unpaired) electrons. The van der Waals surface area contributed by atoms with Gasteiger partial charge in [0.15, 0.2) is 21.8 Å². The van der Waals surface area contributed by atoms with Crippen molar-refractivity contribution in [2.75, 3.05) is 12.5 Å². The maximum atomic E-state index is 12.0. The molecule has 0 spiro atoms. The van der Waals surface area contributed by atoms with Crippen molar-refractivity contribution in [2.45, 2.75) is 12.1 Å². The summed E-state index contributed by atoms with van der Waals surface area (Å²) >= 11 is 1.07. The average molecular weight is 426 g/mol. The number of Topliss-reactive ketones (excluding diaryl/α,β-unsaturated/α-hetero) is 1. The van der Waals surface area contributed by atoms with E-state index in [4.69, 9.17) is 4.74 Å². The van der Waals surface area contributed by atoms with Crippen LogP contribution in [0, 0.1) is 10.1 Å². The van der Waals surface area contributed by atoms with Crippen LogP contribution < -0.4 is 10.2 Å². The third-order valence-corrected chi connectivity index (χ3v) is 5.15. The van der Waals surface area contributed by atoms with Crippen LogP contribution in [-0.4, -0.2) is 37.6 Å². The molecule has 1 aromatic heterocycles. The van der Waals surface area contributed by atoms with Crippen LogP contribution in [0.15, 0.2) is 58.8 Å². The van der Waals surface area contributed by atoms with E-state index in [1.807, 2.05) is 24.3 Å². The summed E-state index contributed by atoms with van der Waals surface area (Å²) in [5.74, 6) is 1.11. The number of nitrogens with zero attached hydrogens (tertiary/aromatic N) is 5. The Labute approximate surface area is 176 Å². The molecule has 10 nitrogen and oxygen atoms in total. The lowest BCUT2D eigenvalue weighted by Gasteiger charge is -2.06. The lowest BCUT2D eigenvalue weighted by molar-refractivity contribution is -0.384. The van der Waals surface area contributed by atoms with Crippen molar-refractivity contribution >= 4 is 34.0 Å². The number of ketones is 1. The standard InChI is InChI=1S/C19H18N6O4S/c1-12(26)18(22-20-14-6-8-15(9-7-14)25(27)28)30-19-23-21-17(24(19)2)13-4-10-16(29-3)11-5-13/h4-11,20H,1-3H3/b22-18-. The first-order valence-electron chi connectivity index (χ1n) is 8.70. The number of anilines is 1. The van der Waals surface area contributed by atoms with Gasteiger partial charge in [-0.05, 0) is 48.2 Å². The Hall–Kier alpha value is -3.73. The Kier molecular flexibility index (Phi) is 6.42. The molecule has 3 aromatic rings. The number of aromatic nitrogens is 3. The van der Waals surface area contributed by atoms with Crippen LogP contribution in [0.2, 0.25) is 0 Å². The molecule has 1 N–H and O–H groups in total. The van der Waals surface area contributed by atoms with E-state index in [-0.39, 0.29) is 16.5 Å². The minimum absolute atomic E-state index is 0.0316. The highest BCUT2D eigenvalue weighted by Crippen LogP contribution is 2.25. The van der Waals surface area contributed by atoms with Gasteiger partial charge in [-0.3, -0.25) is 20.3 Å². The second kappa shape index (κ2) is 9.18. The van der Waals surface area contributed by atoms with E-state index in [1.54, 1.807) is 18.7 Å². The summed E-state index contributed by atoms with van der Waals surface area (Å²) in [6.45, 7) is 1.39. The Morgan fingerprint density at radius 1 is 1.17 bits per heavy atom. The minimum Gasteiger partial charge on any atom is -0.497 e. The number of nitro benzene ring substituents is 1. The first-order chi connectivity index (χ1) is 14.4. The molecule has 2 aromatic carbocycles. The van der Waals surface area contributed by atoms with E-state index in [0.29, 0.717) is 16.7 Å². The number of benzene rings is 2. The Morgan fingerprint density at radius 3 is 2.40 bits per heavy atom. The third kappa shape index (κ3) is 4.81. The monoisotopic (exact) mass is 426 g/mol. The SMILES string of the molecule is COc1ccc(-c2nnc(S/C(=N\Nc3ccc([N+](=O)[O-])cc3)C(C)=O)n2C)cc1. The van der Waals surface area contributed by atoms with Crippen molar-refractivity contribution in [1.29, 1.82) is 0 Å². The Balaban J connectivity index is 1.78. The van der Waals surface area contributed by atoms with Gasteiger partial charge in [0.25, 0.3) is 5.69 Å². The number of carbonyl (C=O) groups is 1. The molecule has 0 unspecified atom stereocenters. The summed E-state index contributed by atoms with van der Waals surface area (Å²) in [6.07, 6.45) is 0. The molecule has 11 heteroatoms. The van der Waals surface area contributed by atoms with E-state index >= 15 is 0 Å². The van der Waals surface area contributed by atoms with E-state index in [9.17, 15) is 14.9 Å². The fourth-order valence-electron chi connectivity index (χ4n) is 2.43. The predicted molar refractivity (Wildman–Crippen MR) is 114 cm³/mol. The Morgan fingerprint density at radius 2 is 1.83 bits per heavy atom. The fraction of sp³-hybridized carbons (Fsp3) is 0.158. The number of hydrogen-bond acceptors (Lipinski definition) is 9. The molecule has 0 aliphatic heterocycles. The number of non-ortho nitro benzene ring substituents is 1. The van der Waals surface area contributed by atoms with Crippen molar-refractivity contribution in [2.24, 2.45) is 12.1 Å². The first-order valence-corrected chi connectivity index (χ1v) is 9.51. The number of carbonyl (C=O) groups excluding carboxylic acids is 1. The largest absolute Gasteiger partial charge is 0.497 e. The number of rotatable bonds is 7. The Bertz CT molecular complexity index is 1090. The average Bonchev–Trinajstić information content (AvgIpc) is 3.11. The van der Waals surface area contributed by atoms with Gasteiger partial charge in [-0.15, -0.1) is 10.2 Å². The van der Waals surface area contributed by atoms with E-state index in [0.717, 1.165) is 23.1 Å². The van der Waals surface area contributed by atoms with E-state index in [2.05, 4.69) is 20.7 Å². The molecule has 0 amide bonds. The summed E-state index contributed by atoms with van der Waals surface area (Å²) in [6, 6.07) is 13.1. The van der Waals surface area contributed by atoms with E-state index in [1.165, 1.54) is 31.2 Å². The van der Waals surface area contributed by atoms with Gasteiger partial charge in [0.05, 0.1) is 17.7 Å². The first kappa shape index (κ1) is 21.0. The second-order valence-electron chi connectivity index (χ2n) is 6.08. The normalized spacial score (nSPS) is 11.2. The number of hydrogen-bond donors (Lipinski definition) is 1. The number of nitrogens with one attached hydrogen (secondary N) is 1. The summed E-state index contributed by atoms with van der Waals surface area (Å²) in [7, 11) is 3.39. The van der Waals surface area contributed by atoms with Crippen molar-refractivity contribution in [3.05, 3.63) is 58.6 Å². The van der Waals surface area contributed by atoms with Gasteiger partial charge in [0, 0.05) is 31.7 Å². The van der Waals surface area contributed by atoms with E-state index < -0.39 is 4.92 Å². The summed E-state index contributed by atoms with van der Waals surface area (Å²) in [4.78, 5) is 22.3. The third-order valence-electron chi connectivity index (χ3n) is 4.04. The number of nitro groups is 1. The van der Waals surface area contributed by atoms with Crippen LogP contribution >= 0.6 is 11.8 Å². The number of thioether (sulfide) groups is 1. The molecular weight excluding hydrogens is 408 g/mol. The zero-order chi connectivity index (χ0) is 21.7. The maximum Gasteiger partial charge on any atom is 0.269 e. The molecule has 3 rings (SSSR count). The van der Waals surface area contributed by atoms with Gasteiger partial charge >= 0.3 is 0 Å². The van der Waals surface area contributed by atoms with Crippen molar-refractivity contribution < 1.29 is 14.5 Å². The van der Waals surface area contributed by atoms with Gasteiger partial charge in [0.1, 0.15) is 5.75 Å². The van der Waals surface area contributed by atoms with Crippen molar-refractivity contribution in [3.8, 4) is 17.1 Å². The van der Waals surface area contributed by atoms with Gasteiger partial charge in [-0.1, -0.05) is 0 Å². The number of hydrazone groups is 1. The summed E-state index contributed by atoms with van der Waals surface area (Å²) in [5, 5.41) is 23.9. The molecule has 0 atom stereocenters. The van der Waals surface area contributed by atoms with Crippen LogP contribution in [0.3, 0.4) is 0 Å². The molecule has 154 valence electrons. The van der Waals surface area contributed by atoms with Crippen molar-refractivity contribution in [1.82, 2.24) is 14.8 Å². The summed E-state index contributed by atoms with van der Waals surface area (Å²) in [5.41, 5.74) is 4.06. The van der Waals surface area contributed by atoms with Gasteiger partial charge in [-0.25, -0.2) is 0 Å². The molecule has 0 fully saturated rings. The van der Waals surface area contributed by atoms with Gasteiger partial charge in [0.2, 0.25) is 0 Å². The van der Waals surface area contributed by atoms with Crippen LogP contribution in [-0.2, 0) is 11.8 Å². The van der Waals surface area contributed by atoms with Crippen molar-refractivity contribution in [3.63, 3.8) is 0 Å². The lowest BCUT2D eigenvalue weighted by Crippen LogP contribution is -2.09. The molecule has 1 heterocycles. The van der Waals surface area contributed by atoms with Gasteiger partial charge < -0.3 is 9.30 Å². The summed E-state index contributed by atoms with van der Waals surface area (Å²) < 4.78 is 6.92. The van der Waals surface area contributed by atoms with Gasteiger partial charge in [-0.2, -0.15) is 5.10 Å². The molecule has 0 aliphatic carbocycles. The zero-order valence-corrected chi connectivity index (χ0v) is 17.2. The minimum atomic E-state index is -0.488. The molecule has 0 saturated heterocycles. The highest BCUT2D eigenvalue weighted by atomic mass is 32.2. The number of ether oxygens (including phenoxy) is 1. The van der Waals surface area contributed by atoms with Crippen LogP contribution in [0.5, 0.6) is 5.75 Å². The quantitative estimate of drug-likeness (QED) is 0.200. The van der Waals surface area contributed by atoms with Crippen LogP contribution in [0.4, 0.5) is 11.4 Å². The predicted octanol–water partition coefficient (Wildman–Crippen LogP) is 3.51. The topological polar surface area (TPSA) is 125 Å². The molecule has 0 bridgehead atoms. The van der Waals surface area contributed by atoms with Crippen LogP contribution in [0.25, 0.3) is 11.4 Å². The molecule has 0 saturated carbocycles. The second-order valence-corrected chi connectivity index (χ2v) is 7.04. The lowest BCUT2D eigenvalue weighted by atomic mass is 10.2. The van der Waals surface area contributed by atoms with Crippen LogP contribution in [0.1, 0.15) is 6.92 Å². The smallest absolute Gasteiger partial charge is 0.269 e.